The Morgan fingerprint density at radius 1 is 1.12 bits per heavy atom. The number of oxime groups is 1. The molecule has 3 rings (SSSR count). The van der Waals surface area contributed by atoms with Crippen molar-refractivity contribution in [1.82, 2.24) is 9.88 Å². The van der Waals surface area contributed by atoms with Gasteiger partial charge in [0.15, 0.2) is 0 Å². The van der Waals surface area contributed by atoms with Crippen LogP contribution in [0.1, 0.15) is 12.0 Å². The number of benzene rings is 1. The highest BCUT2D eigenvalue weighted by Crippen LogP contribution is 2.18. The first-order valence-corrected chi connectivity index (χ1v) is 8.89. The summed E-state index contributed by atoms with van der Waals surface area (Å²) in [4.78, 5) is 14.2. The first-order valence-electron chi connectivity index (χ1n) is 8.51. The van der Waals surface area contributed by atoms with Gasteiger partial charge in [-0.25, -0.2) is 4.98 Å². The molecule has 0 bridgehead atoms. The van der Waals surface area contributed by atoms with Crippen molar-refractivity contribution >= 4 is 23.1 Å². The molecule has 0 amide bonds. The first kappa shape index (κ1) is 17.7. The quantitative estimate of drug-likeness (QED) is 0.587. The van der Waals surface area contributed by atoms with Crippen LogP contribution in [0.5, 0.6) is 0 Å². The van der Waals surface area contributed by atoms with Gasteiger partial charge in [0.05, 0.1) is 5.71 Å². The van der Waals surface area contributed by atoms with Crippen LogP contribution in [0.3, 0.4) is 0 Å². The van der Waals surface area contributed by atoms with Gasteiger partial charge in [0, 0.05) is 55.9 Å². The molecule has 1 aliphatic rings. The Morgan fingerprint density at radius 2 is 1.88 bits per heavy atom. The van der Waals surface area contributed by atoms with E-state index >= 15 is 0 Å². The fourth-order valence-corrected chi connectivity index (χ4v) is 3.29. The molecule has 1 fully saturated rings. The third-order valence-electron chi connectivity index (χ3n) is 4.40. The zero-order chi connectivity index (χ0) is 17.5. The van der Waals surface area contributed by atoms with Gasteiger partial charge in [-0.15, -0.1) is 0 Å². The number of halogens is 1. The molecule has 1 aromatic heterocycles. The topological polar surface area (TPSA) is 41.0 Å². The summed E-state index contributed by atoms with van der Waals surface area (Å²) in [7, 11) is 1.57. The SMILES string of the molecule is CO/N=C(/CCN1CCN(c2ccccn2)CC1)c1ccccc1Cl. The van der Waals surface area contributed by atoms with Gasteiger partial charge in [0.2, 0.25) is 0 Å². The molecule has 0 N–H and O–H groups in total. The molecule has 1 saturated heterocycles. The van der Waals surface area contributed by atoms with E-state index in [-0.39, 0.29) is 0 Å². The van der Waals surface area contributed by atoms with E-state index in [2.05, 4.69) is 26.0 Å². The summed E-state index contributed by atoms with van der Waals surface area (Å²) in [5.74, 6) is 1.06. The maximum Gasteiger partial charge on any atom is 0.128 e. The smallest absolute Gasteiger partial charge is 0.128 e. The summed E-state index contributed by atoms with van der Waals surface area (Å²) >= 11 is 6.30. The summed E-state index contributed by atoms with van der Waals surface area (Å²) in [6.07, 6.45) is 2.65. The van der Waals surface area contributed by atoms with Gasteiger partial charge in [-0.1, -0.05) is 41.0 Å². The van der Waals surface area contributed by atoms with Crippen LogP contribution >= 0.6 is 11.6 Å². The highest BCUT2D eigenvalue weighted by molar-refractivity contribution is 6.34. The van der Waals surface area contributed by atoms with Crippen molar-refractivity contribution in [3.8, 4) is 0 Å². The Balaban J connectivity index is 1.55. The Kier molecular flexibility index (Phi) is 6.25. The molecule has 0 spiro atoms. The molecule has 0 saturated carbocycles. The molecule has 0 unspecified atom stereocenters. The van der Waals surface area contributed by atoms with Gasteiger partial charge >= 0.3 is 0 Å². The third-order valence-corrected chi connectivity index (χ3v) is 4.73. The lowest BCUT2D eigenvalue weighted by Gasteiger charge is -2.35. The summed E-state index contributed by atoms with van der Waals surface area (Å²) in [5, 5.41) is 4.89. The number of hydrogen-bond acceptors (Lipinski definition) is 5. The average Bonchev–Trinajstić information content (AvgIpc) is 2.67. The lowest BCUT2D eigenvalue weighted by molar-refractivity contribution is 0.211. The molecule has 1 aromatic carbocycles. The molecular weight excluding hydrogens is 336 g/mol. The summed E-state index contributed by atoms with van der Waals surface area (Å²) in [5.41, 5.74) is 1.83. The van der Waals surface area contributed by atoms with Crippen molar-refractivity contribution in [2.45, 2.75) is 6.42 Å². The van der Waals surface area contributed by atoms with Gasteiger partial charge in [-0.3, -0.25) is 4.90 Å². The number of rotatable bonds is 6. The van der Waals surface area contributed by atoms with Crippen molar-refractivity contribution in [1.29, 1.82) is 0 Å². The van der Waals surface area contributed by atoms with E-state index in [9.17, 15) is 0 Å². The molecular formula is C19H23ClN4O. The van der Waals surface area contributed by atoms with Crippen molar-refractivity contribution < 1.29 is 4.84 Å². The van der Waals surface area contributed by atoms with E-state index in [1.807, 2.05) is 42.6 Å². The minimum Gasteiger partial charge on any atom is -0.399 e. The molecule has 5 nitrogen and oxygen atoms in total. The van der Waals surface area contributed by atoms with Crippen LogP contribution in [-0.4, -0.2) is 55.4 Å². The van der Waals surface area contributed by atoms with Gasteiger partial charge in [0.1, 0.15) is 12.9 Å². The largest absolute Gasteiger partial charge is 0.399 e. The predicted molar refractivity (Wildman–Crippen MR) is 103 cm³/mol. The second-order valence-corrected chi connectivity index (χ2v) is 6.37. The Morgan fingerprint density at radius 3 is 2.56 bits per heavy atom. The number of hydrogen-bond donors (Lipinski definition) is 0. The van der Waals surface area contributed by atoms with Gasteiger partial charge < -0.3 is 9.74 Å². The molecule has 132 valence electrons. The standard InChI is InChI=1S/C19H23ClN4O/c1-25-22-18(16-6-2-3-7-17(16)20)9-11-23-12-14-24(15-13-23)19-8-4-5-10-21-19/h2-8,10H,9,11-15H2,1H3/b22-18-. The van der Waals surface area contributed by atoms with E-state index in [1.165, 1.54) is 0 Å². The van der Waals surface area contributed by atoms with E-state index in [0.717, 1.165) is 56.2 Å². The fourth-order valence-electron chi connectivity index (χ4n) is 3.04. The molecule has 0 radical (unpaired) electrons. The number of pyridine rings is 1. The Bertz CT molecular complexity index is 700. The monoisotopic (exact) mass is 358 g/mol. The van der Waals surface area contributed by atoms with E-state index in [1.54, 1.807) is 7.11 Å². The highest BCUT2D eigenvalue weighted by atomic mass is 35.5. The van der Waals surface area contributed by atoms with Crippen LogP contribution < -0.4 is 4.90 Å². The van der Waals surface area contributed by atoms with E-state index < -0.39 is 0 Å². The predicted octanol–water partition coefficient (Wildman–Crippen LogP) is 3.30. The molecule has 0 atom stereocenters. The number of piperazine rings is 1. The first-order chi connectivity index (χ1) is 12.3. The van der Waals surface area contributed by atoms with Gasteiger partial charge in [0.25, 0.3) is 0 Å². The zero-order valence-electron chi connectivity index (χ0n) is 14.4. The van der Waals surface area contributed by atoms with Crippen molar-refractivity contribution in [3.05, 3.63) is 59.2 Å². The van der Waals surface area contributed by atoms with Crippen LogP contribution in [0.4, 0.5) is 5.82 Å². The Labute approximate surface area is 153 Å². The van der Waals surface area contributed by atoms with Gasteiger partial charge in [-0.2, -0.15) is 0 Å². The van der Waals surface area contributed by atoms with Crippen LogP contribution in [0, 0.1) is 0 Å². The van der Waals surface area contributed by atoms with E-state index in [4.69, 9.17) is 16.4 Å². The minimum absolute atomic E-state index is 0.707. The highest BCUT2D eigenvalue weighted by Gasteiger charge is 2.19. The lowest BCUT2D eigenvalue weighted by atomic mass is 10.1. The molecule has 0 aliphatic carbocycles. The van der Waals surface area contributed by atoms with Crippen LogP contribution in [0.15, 0.2) is 53.8 Å². The lowest BCUT2D eigenvalue weighted by Crippen LogP contribution is -2.47. The van der Waals surface area contributed by atoms with Crippen LogP contribution in [-0.2, 0) is 4.84 Å². The zero-order valence-corrected chi connectivity index (χ0v) is 15.2. The summed E-state index contributed by atoms with van der Waals surface area (Å²) in [6.45, 7) is 4.93. The maximum atomic E-state index is 6.30. The van der Waals surface area contributed by atoms with Crippen molar-refractivity contribution in [2.24, 2.45) is 5.16 Å². The minimum atomic E-state index is 0.707. The number of anilines is 1. The molecule has 2 heterocycles. The summed E-state index contributed by atoms with van der Waals surface area (Å²) < 4.78 is 0. The Hall–Kier alpha value is -2.11. The van der Waals surface area contributed by atoms with E-state index in [0.29, 0.717) is 5.02 Å². The molecule has 6 heteroatoms. The van der Waals surface area contributed by atoms with Crippen LogP contribution in [0.2, 0.25) is 5.02 Å². The molecule has 25 heavy (non-hydrogen) atoms. The number of nitrogens with zero attached hydrogens (tertiary/aromatic N) is 4. The third kappa shape index (κ3) is 4.71. The number of aromatic nitrogens is 1. The van der Waals surface area contributed by atoms with Gasteiger partial charge in [-0.05, 0) is 18.2 Å². The maximum absolute atomic E-state index is 6.30. The molecule has 1 aliphatic heterocycles. The van der Waals surface area contributed by atoms with Crippen molar-refractivity contribution in [3.63, 3.8) is 0 Å². The van der Waals surface area contributed by atoms with Crippen LogP contribution in [0.25, 0.3) is 0 Å². The second-order valence-electron chi connectivity index (χ2n) is 5.97. The fraction of sp³-hybridized carbons (Fsp3) is 0.368. The summed E-state index contributed by atoms with van der Waals surface area (Å²) in [6, 6.07) is 13.8. The van der Waals surface area contributed by atoms with Crippen molar-refractivity contribution in [2.75, 3.05) is 44.7 Å². The molecule has 2 aromatic rings. The average molecular weight is 359 g/mol. The normalized spacial score (nSPS) is 16.1. The second kappa shape index (κ2) is 8.83.